The van der Waals surface area contributed by atoms with E-state index >= 15 is 0 Å². The largest absolute Gasteiger partial charge is 0.465 e. The molecule has 0 bridgehead atoms. The van der Waals surface area contributed by atoms with Crippen molar-refractivity contribution in [3.8, 4) is 6.07 Å². The van der Waals surface area contributed by atoms with Gasteiger partial charge in [-0.1, -0.05) is 12.1 Å². The molecule has 0 unspecified atom stereocenters. The van der Waals surface area contributed by atoms with Crippen LogP contribution in [0.4, 0.5) is 0 Å². The molecule has 2 rings (SSSR count). The van der Waals surface area contributed by atoms with Gasteiger partial charge in [0.25, 0.3) is 5.91 Å². The van der Waals surface area contributed by atoms with Gasteiger partial charge in [-0.25, -0.2) is 4.79 Å². The molecule has 2 aromatic rings. The van der Waals surface area contributed by atoms with Crippen molar-refractivity contribution in [3.63, 3.8) is 0 Å². The fraction of sp³-hybridized carbons (Fsp3) is 0.250. The van der Waals surface area contributed by atoms with E-state index in [0.717, 1.165) is 5.56 Å². The lowest BCUT2D eigenvalue weighted by Crippen LogP contribution is -2.36. The van der Waals surface area contributed by atoms with Crippen LogP contribution in [0.3, 0.4) is 0 Å². The standard InChI is InChI=1S/C20H20N2O3/c1-14(2)22(13-16-6-4-15(12-21)5-7-16)19(23)17-8-10-18(11-9-17)20(24)25-3/h4-11,14H,13H2,1-3H3. The molecular formula is C20H20N2O3. The highest BCUT2D eigenvalue weighted by Crippen LogP contribution is 2.15. The van der Waals surface area contributed by atoms with Crippen molar-refractivity contribution in [1.29, 1.82) is 5.26 Å². The summed E-state index contributed by atoms with van der Waals surface area (Å²) < 4.78 is 4.66. The summed E-state index contributed by atoms with van der Waals surface area (Å²) in [5.74, 6) is -0.548. The average molecular weight is 336 g/mol. The molecule has 0 aromatic heterocycles. The molecule has 0 aliphatic carbocycles. The second-order valence-electron chi connectivity index (χ2n) is 5.90. The first-order valence-electron chi connectivity index (χ1n) is 7.94. The smallest absolute Gasteiger partial charge is 0.337 e. The van der Waals surface area contributed by atoms with Crippen LogP contribution >= 0.6 is 0 Å². The summed E-state index contributed by atoms with van der Waals surface area (Å²) in [5.41, 5.74) is 2.45. The van der Waals surface area contributed by atoms with Gasteiger partial charge in [0.2, 0.25) is 0 Å². The molecule has 0 radical (unpaired) electrons. The van der Waals surface area contributed by atoms with E-state index in [1.807, 2.05) is 26.0 Å². The summed E-state index contributed by atoms with van der Waals surface area (Å²) >= 11 is 0. The summed E-state index contributed by atoms with van der Waals surface area (Å²) in [6.07, 6.45) is 0. The van der Waals surface area contributed by atoms with Crippen molar-refractivity contribution in [2.45, 2.75) is 26.4 Å². The number of benzene rings is 2. The molecule has 0 aliphatic heterocycles. The lowest BCUT2D eigenvalue weighted by molar-refractivity contribution is 0.0599. The number of esters is 1. The first kappa shape index (κ1) is 18.2. The monoisotopic (exact) mass is 336 g/mol. The molecule has 2 aromatic carbocycles. The van der Waals surface area contributed by atoms with E-state index in [4.69, 9.17) is 5.26 Å². The van der Waals surface area contributed by atoms with Crippen molar-refractivity contribution in [1.82, 2.24) is 4.90 Å². The van der Waals surface area contributed by atoms with E-state index in [9.17, 15) is 9.59 Å². The molecular weight excluding hydrogens is 316 g/mol. The van der Waals surface area contributed by atoms with E-state index in [2.05, 4.69) is 10.8 Å². The van der Waals surface area contributed by atoms with Gasteiger partial charge in [0.15, 0.2) is 0 Å². The molecule has 0 heterocycles. The highest BCUT2D eigenvalue weighted by Gasteiger charge is 2.19. The predicted molar refractivity (Wildman–Crippen MR) is 93.9 cm³/mol. The molecule has 0 aliphatic rings. The number of amides is 1. The summed E-state index contributed by atoms with van der Waals surface area (Å²) in [4.78, 5) is 26.1. The van der Waals surface area contributed by atoms with Crippen molar-refractivity contribution < 1.29 is 14.3 Å². The Kier molecular flexibility index (Phi) is 5.91. The average Bonchev–Trinajstić information content (AvgIpc) is 2.65. The maximum absolute atomic E-state index is 12.8. The van der Waals surface area contributed by atoms with E-state index in [0.29, 0.717) is 23.2 Å². The fourth-order valence-electron chi connectivity index (χ4n) is 2.40. The predicted octanol–water partition coefficient (Wildman–Crippen LogP) is 3.40. The molecule has 0 fully saturated rings. The Bertz CT molecular complexity index is 787. The van der Waals surface area contributed by atoms with Crippen LogP contribution in [0.2, 0.25) is 0 Å². The van der Waals surface area contributed by atoms with Crippen LogP contribution in [0.1, 0.15) is 45.7 Å². The third-order valence-electron chi connectivity index (χ3n) is 3.87. The van der Waals surface area contributed by atoms with Crippen molar-refractivity contribution in [3.05, 3.63) is 70.8 Å². The van der Waals surface area contributed by atoms with E-state index in [1.165, 1.54) is 7.11 Å². The number of hydrogen-bond donors (Lipinski definition) is 0. The van der Waals surface area contributed by atoms with Crippen LogP contribution in [0.5, 0.6) is 0 Å². The fourth-order valence-corrected chi connectivity index (χ4v) is 2.40. The Labute approximate surface area is 147 Å². The Morgan fingerprint density at radius 3 is 2.08 bits per heavy atom. The van der Waals surface area contributed by atoms with Crippen LogP contribution in [0, 0.1) is 11.3 Å². The molecule has 0 saturated heterocycles. The van der Waals surface area contributed by atoms with Crippen LogP contribution in [-0.2, 0) is 11.3 Å². The molecule has 0 saturated carbocycles. The highest BCUT2D eigenvalue weighted by molar-refractivity contribution is 5.96. The van der Waals surface area contributed by atoms with Crippen LogP contribution in [0.15, 0.2) is 48.5 Å². The summed E-state index contributed by atoms with van der Waals surface area (Å²) in [5, 5.41) is 8.87. The van der Waals surface area contributed by atoms with Crippen LogP contribution < -0.4 is 0 Å². The lowest BCUT2D eigenvalue weighted by atomic mass is 10.1. The number of ether oxygens (including phenoxy) is 1. The summed E-state index contributed by atoms with van der Waals surface area (Å²) in [6, 6.07) is 15.7. The van der Waals surface area contributed by atoms with E-state index < -0.39 is 5.97 Å². The van der Waals surface area contributed by atoms with Crippen molar-refractivity contribution >= 4 is 11.9 Å². The zero-order valence-electron chi connectivity index (χ0n) is 14.5. The number of methoxy groups -OCH3 is 1. The minimum atomic E-state index is -0.433. The van der Waals surface area contributed by atoms with E-state index in [-0.39, 0.29) is 11.9 Å². The van der Waals surface area contributed by atoms with Gasteiger partial charge in [-0.15, -0.1) is 0 Å². The number of nitriles is 1. The maximum atomic E-state index is 12.8. The lowest BCUT2D eigenvalue weighted by Gasteiger charge is -2.27. The Balaban J connectivity index is 2.19. The van der Waals surface area contributed by atoms with Gasteiger partial charge >= 0.3 is 5.97 Å². The molecule has 1 amide bonds. The summed E-state index contributed by atoms with van der Waals surface area (Å²) in [6.45, 7) is 4.34. The third-order valence-corrected chi connectivity index (χ3v) is 3.87. The second kappa shape index (κ2) is 8.11. The van der Waals surface area contributed by atoms with Gasteiger partial charge in [0.05, 0.1) is 24.3 Å². The third kappa shape index (κ3) is 4.45. The molecule has 0 N–H and O–H groups in total. The minimum absolute atomic E-state index is 0.00317. The number of rotatable bonds is 5. The summed E-state index contributed by atoms with van der Waals surface area (Å²) in [7, 11) is 1.32. The maximum Gasteiger partial charge on any atom is 0.337 e. The van der Waals surface area contributed by atoms with Crippen LogP contribution in [0.25, 0.3) is 0 Å². The number of carbonyl (C=O) groups excluding carboxylic acids is 2. The molecule has 0 atom stereocenters. The number of nitrogens with zero attached hydrogens (tertiary/aromatic N) is 2. The normalized spacial score (nSPS) is 10.2. The van der Waals surface area contributed by atoms with Crippen molar-refractivity contribution in [2.75, 3.05) is 7.11 Å². The van der Waals surface area contributed by atoms with E-state index in [1.54, 1.807) is 41.3 Å². The van der Waals surface area contributed by atoms with Gasteiger partial charge in [0, 0.05) is 18.2 Å². The molecule has 25 heavy (non-hydrogen) atoms. The second-order valence-corrected chi connectivity index (χ2v) is 5.90. The van der Waals surface area contributed by atoms with Crippen LogP contribution in [-0.4, -0.2) is 29.9 Å². The van der Waals surface area contributed by atoms with Gasteiger partial charge in [0.1, 0.15) is 0 Å². The first-order chi connectivity index (χ1) is 12.0. The first-order valence-corrected chi connectivity index (χ1v) is 7.94. The SMILES string of the molecule is COC(=O)c1ccc(C(=O)N(Cc2ccc(C#N)cc2)C(C)C)cc1. The van der Waals surface area contributed by atoms with Gasteiger partial charge in [-0.3, -0.25) is 4.79 Å². The molecule has 0 spiro atoms. The minimum Gasteiger partial charge on any atom is -0.465 e. The highest BCUT2D eigenvalue weighted by atomic mass is 16.5. The van der Waals surface area contributed by atoms with Crippen molar-refractivity contribution in [2.24, 2.45) is 0 Å². The number of carbonyl (C=O) groups is 2. The zero-order chi connectivity index (χ0) is 18.4. The topological polar surface area (TPSA) is 70.4 Å². The molecule has 5 nitrogen and oxygen atoms in total. The van der Waals surface area contributed by atoms with Gasteiger partial charge in [-0.05, 0) is 55.8 Å². The zero-order valence-corrected chi connectivity index (χ0v) is 14.5. The Morgan fingerprint density at radius 2 is 1.60 bits per heavy atom. The Morgan fingerprint density at radius 1 is 1.04 bits per heavy atom. The van der Waals surface area contributed by atoms with Gasteiger partial charge < -0.3 is 9.64 Å². The Hall–Kier alpha value is -3.13. The quantitative estimate of drug-likeness (QED) is 0.785. The number of hydrogen-bond acceptors (Lipinski definition) is 4. The molecule has 128 valence electrons. The van der Waals surface area contributed by atoms with Gasteiger partial charge in [-0.2, -0.15) is 5.26 Å². The molecule has 5 heteroatoms.